The first-order valence-electron chi connectivity index (χ1n) is 18.8. The van der Waals surface area contributed by atoms with Gasteiger partial charge in [0.1, 0.15) is 0 Å². The van der Waals surface area contributed by atoms with Crippen molar-refractivity contribution < 1.29 is 0 Å². The summed E-state index contributed by atoms with van der Waals surface area (Å²) in [5, 5.41) is 4.78. The van der Waals surface area contributed by atoms with E-state index in [-0.39, 0.29) is 0 Å². The Hall–Kier alpha value is -7.21. The van der Waals surface area contributed by atoms with Gasteiger partial charge in [-0.25, -0.2) is 15.0 Å². The van der Waals surface area contributed by atoms with Crippen LogP contribution in [0.4, 0.5) is 0 Å². The van der Waals surface area contributed by atoms with Crippen LogP contribution in [0.2, 0.25) is 0 Å². The SMILES string of the molecule is c1ccc(-c2ccc(-c3cccc(-c4nc(-c5ccc6c(c5)sc5ccccc56)nc(-c5cccc6c5c5ccccc5n6-c5ccccc5)n4)c3)cc2)cc1. The summed E-state index contributed by atoms with van der Waals surface area (Å²) >= 11 is 1.80. The van der Waals surface area contributed by atoms with Crippen LogP contribution >= 0.6 is 11.3 Å². The second-order valence-electron chi connectivity index (χ2n) is 14.0. The maximum absolute atomic E-state index is 5.30. The van der Waals surface area contributed by atoms with Gasteiger partial charge in [-0.05, 0) is 64.7 Å². The van der Waals surface area contributed by atoms with Crippen molar-refractivity contribution in [1.29, 1.82) is 0 Å². The van der Waals surface area contributed by atoms with Crippen molar-refractivity contribution >= 4 is 53.3 Å². The Morgan fingerprint density at radius 2 is 0.875 bits per heavy atom. The zero-order valence-electron chi connectivity index (χ0n) is 30.2. The number of benzene rings is 8. The van der Waals surface area contributed by atoms with Gasteiger partial charge in [0.05, 0.1) is 11.0 Å². The predicted molar refractivity (Wildman–Crippen MR) is 234 cm³/mol. The summed E-state index contributed by atoms with van der Waals surface area (Å²) in [6, 6.07) is 68.6. The summed E-state index contributed by atoms with van der Waals surface area (Å²) < 4.78 is 4.81. The molecule has 262 valence electrons. The lowest BCUT2D eigenvalue weighted by molar-refractivity contribution is 1.08. The zero-order chi connectivity index (χ0) is 37.0. The Balaban J connectivity index is 1.11. The average molecular weight is 733 g/mol. The molecular weight excluding hydrogens is 701 g/mol. The third kappa shape index (κ3) is 5.48. The molecule has 0 aliphatic heterocycles. The van der Waals surface area contributed by atoms with Crippen molar-refractivity contribution in [2.24, 2.45) is 0 Å². The number of para-hydroxylation sites is 2. The quantitative estimate of drug-likeness (QED) is 0.171. The van der Waals surface area contributed by atoms with Crippen molar-refractivity contribution in [2.45, 2.75) is 0 Å². The molecule has 11 aromatic rings. The number of hydrogen-bond donors (Lipinski definition) is 0. The topological polar surface area (TPSA) is 43.6 Å². The average Bonchev–Trinajstić information content (AvgIpc) is 3.82. The van der Waals surface area contributed by atoms with Gasteiger partial charge in [-0.15, -0.1) is 11.3 Å². The number of hydrogen-bond acceptors (Lipinski definition) is 4. The van der Waals surface area contributed by atoms with Crippen molar-refractivity contribution in [2.75, 3.05) is 0 Å². The van der Waals surface area contributed by atoms with Gasteiger partial charge in [-0.3, -0.25) is 0 Å². The predicted octanol–water partition coefficient (Wildman–Crippen LogP) is 13.7. The highest BCUT2D eigenvalue weighted by Crippen LogP contribution is 2.40. The van der Waals surface area contributed by atoms with E-state index in [4.69, 9.17) is 15.0 Å². The van der Waals surface area contributed by atoms with E-state index < -0.39 is 0 Å². The molecule has 8 aromatic carbocycles. The molecule has 4 nitrogen and oxygen atoms in total. The molecule has 0 radical (unpaired) electrons. The molecule has 11 rings (SSSR count). The summed E-state index contributed by atoms with van der Waals surface area (Å²) in [6.45, 7) is 0. The molecule has 0 unspecified atom stereocenters. The summed E-state index contributed by atoms with van der Waals surface area (Å²) in [7, 11) is 0. The van der Waals surface area contributed by atoms with Gasteiger partial charge in [0.25, 0.3) is 0 Å². The standard InChI is InChI=1S/C51H32N4S/c1-3-13-33(14-4-1)34-25-27-35(28-26-34)36-15-11-16-37(31-36)49-52-50(38-29-30-41-40-19-8-10-24-46(40)56-47(41)32-38)54-51(53-49)43-21-12-23-45-48(43)42-20-7-9-22-44(42)55(45)39-17-5-2-6-18-39/h1-32H. The van der Waals surface area contributed by atoms with Crippen LogP contribution in [-0.4, -0.2) is 19.5 Å². The van der Waals surface area contributed by atoms with Gasteiger partial charge in [0.2, 0.25) is 0 Å². The second-order valence-corrected chi connectivity index (χ2v) is 15.1. The molecule has 5 heteroatoms. The van der Waals surface area contributed by atoms with E-state index in [1.165, 1.54) is 31.3 Å². The highest BCUT2D eigenvalue weighted by atomic mass is 32.1. The first-order valence-corrected chi connectivity index (χ1v) is 19.6. The molecule has 56 heavy (non-hydrogen) atoms. The molecule has 0 aliphatic carbocycles. The molecule has 3 aromatic heterocycles. The van der Waals surface area contributed by atoms with E-state index in [0.717, 1.165) is 55.3 Å². The lowest BCUT2D eigenvalue weighted by Gasteiger charge is -2.11. The highest BCUT2D eigenvalue weighted by molar-refractivity contribution is 7.25. The van der Waals surface area contributed by atoms with E-state index in [1.54, 1.807) is 11.3 Å². The Morgan fingerprint density at radius 3 is 1.68 bits per heavy atom. The van der Waals surface area contributed by atoms with E-state index in [9.17, 15) is 0 Å². The summed E-state index contributed by atoms with van der Waals surface area (Å²) in [4.78, 5) is 15.8. The van der Waals surface area contributed by atoms with Crippen molar-refractivity contribution in [3.63, 3.8) is 0 Å². The normalized spacial score (nSPS) is 11.6. The largest absolute Gasteiger partial charge is 0.309 e. The van der Waals surface area contributed by atoms with Gasteiger partial charge in [0, 0.05) is 53.3 Å². The smallest absolute Gasteiger partial charge is 0.164 e. The van der Waals surface area contributed by atoms with Crippen LogP contribution in [0.5, 0.6) is 0 Å². The molecular formula is C51H32N4S. The fourth-order valence-electron chi connectivity index (χ4n) is 8.00. The van der Waals surface area contributed by atoms with Crippen LogP contribution in [0.15, 0.2) is 194 Å². The Morgan fingerprint density at radius 1 is 0.339 bits per heavy atom. The lowest BCUT2D eigenvalue weighted by atomic mass is 9.99. The van der Waals surface area contributed by atoms with Crippen LogP contribution in [0.3, 0.4) is 0 Å². The number of thiophene rings is 1. The van der Waals surface area contributed by atoms with Crippen LogP contribution in [0, 0.1) is 0 Å². The highest BCUT2D eigenvalue weighted by Gasteiger charge is 2.20. The van der Waals surface area contributed by atoms with Gasteiger partial charge in [-0.2, -0.15) is 0 Å². The van der Waals surface area contributed by atoms with Gasteiger partial charge >= 0.3 is 0 Å². The molecule has 0 N–H and O–H groups in total. The maximum atomic E-state index is 5.30. The van der Waals surface area contributed by atoms with Gasteiger partial charge in [-0.1, -0.05) is 152 Å². The molecule has 3 heterocycles. The van der Waals surface area contributed by atoms with Crippen LogP contribution in [0.1, 0.15) is 0 Å². The number of aromatic nitrogens is 4. The van der Waals surface area contributed by atoms with E-state index >= 15 is 0 Å². The fraction of sp³-hybridized carbons (Fsp3) is 0. The monoisotopic (exact) mass is 732 g/mol. The Labute approximate surface area is 327 Å². The van der Waals surface area contributed by atoms with Gasteiger partial charge in [0.15, 0.2) is 17.5 Å². The molecule has 0 amide bonds. The zero-order valence-corrected chi connectivity index (χ0v) is 31.0. The van der Waals surface area contributed by atoms with Crippen molar-refractivity contribution in [3.05, 3.63) is 194 Å². The first kappa shape index (κ1) is 32.2. The second kappa shape index (κ2) is 13.3. The number of nitrogens with zero attached hydrogens (tertiary/aromatic N) is 4. The van der Waals surface area contributed by atoms with Crippen LogP contribution in [0.25, 0.3) is 104 Å². The molecule has 0 saturated carbocycles. The third-order valence-electron chi connectivity index (χ3n) is 10.7. The Bertz CT molecular complexity index is 3240. The molecule has 0 fully saturated rings. The summed E-state index contributed by atoms with van der Waals surface area (Å²) in [5.74, 6) is 1.92. The van der Waals surface area contributed by atoms with Crippen LogP contribution in [-0.2, 0) is 0 Å². The summed E-state index contributed by atoms with van der Waals surface area (Å²) in [6.07, 6.45) is 0. The molecule has 0 aliphatic rings. The fourth-order valence-corrected chi connectivity index (χ4v) is 9.15. The van der Waals surface area contributed by atoms with Crippen molar-refractivity contribution in [3.8, 4) is 62.1 Å². The minimum Gasteiger partial charge on any atom is -0.309 e. The maximum Gasteiger partial charge on any atom is 0.164 e. The minimum absolute atomic E-state index is 0.632. The van der Waals surface area contributed by atoms with E-state index in [0.29, 0.717) is 17.5 Å². The minimum atomic E-state index is 0.632. The molecule has 0 spiro atoms. The van der Waals surface area contributed by atoms with E-state index in [1.807, 2.05) is 6.07 Å². The van der Waals surface area contributed by atoms with Crippen molar-refractivity contribution in [1.82, 2.24) is 19.5 Å². The number of fused-ring (bicyclic) bond motifs is 6. The number of rotatable bonds is 6. The molecule has 0 atom stereocenters. The van der Waals surface area contributed by atoms with E-state index in [2.05, 4.69) is 193 Å². The first-order chi connectivity index (χ1) is 27.7. The molecule has 0 saturated heterocycles. The van der Waals surface area contributed by atoms with Gasteiger partial charge < -0.3 is 4.57 Å². The lowest BCUT2D eigenvalue weighted by Crippen LogP contribution is -2.01. The third-order valence-corrected chi connectivity index (χ3v) is 11.8. The Kier molecular flexibility index (Phi) is 7.64. The molecule has 0 bridgehead atoms. The summed E-state index contributed by atoms with van der Waals surface area (Å²) in [5.41, 5.74) is 10.8. The van der Waals surface area contributed by atoms with Crippen LogP contribution < -0.4 is 0 Å².